The van der Waals surface area contributed by atoms with Crippen LogP contribution in [0.3, 0.4) is 0 Å². The number of carbonyl (C=O) groups excluding carboxylic acids is 2. The maximum absolute atomic E-state index is 13.2. The van der Waals surface area contributed by atoms with Gasteiger partial charge >= 0.3 is 5.97 Å². The lowest BCUT2D eigenvalue weighted by Gasteiger charge is -2.21. The molecule has 0 N–H and O–H groups in total. The zero-order chi connectivity index (χ0) is 20.9. The Morgan fingerprint density at radius 1 is 0.967 bits per heavy atom. The van der Waals surface area contributed by atoms with Gasteiger partial charge in [0.25, 0.3) is 5.91 Å². The second kappa shape index (κ2) is 9.08. The number of fused-ring (bicyclic) bond motifs is 2. The van der Waals surface area contributed by atoms with Crippen molar-refractivity contribution in [2.75, 3.05) is 18.1 Å². The third-order valence-electron chi connectivity index (χ3n) is 5.64. The van der Waals surface area contributed by atoms with Gasteiger partial charge in [-0.15, -0.1) is 0 Å². The van der Waals surface area contributed by atoms with Gasteiger partial charge in [0.05, 0.1) is 11.1 Å². The van der Waals surface area contributed by atoms with Crippen LogP contribution in [0.2, 0.25) is 0 Å². The van der Waals surface area contributed by atoms with Crippen molar-refractivity contribution in [3.05, 3.63) is 71.4 Å². The summed E-state index contributed by atoms with van der Waals surface area (Å²) in [6.45, 7) is 2.13. The van der Waals surface area contributed by atoms with Gasteiger partial charge in [0.1, 0.15) is 0 Å². The molecule has 0 bridgehead atoms. The molecule has 0 saturated carbocycles. The van der Waals surface area contributed by atoms with Gasteiger partial charge in [0.2, 0.25) is 0 Å². The number of benzene rings is 2. The standard InChI is InChI=1S/C25H26N2O3/c1-2-27(18-11-5-3-6-12-18)23(28)17-30-25(29)24-19-13-7-4-8-15-21(19)26-22-16-10-9-14-20(22)24/h3,5-6,9-12,14,16H,2,4,7-8,13,15,17H2,1H3. The first kappa shape index (κ1) is 20.1. The Morgan fingerprint density at radius 2 is 1.70 bits per heavy atom. The van der Waals surface area contributed by atoms with Crippen molar-refractivity contribution in [3.63, 3.8) is 0 Å². The van der Waals surface area contributed by atoms with Crippen LogP contribution in [0.15, 0.2) is 54.6 Å². The minimum Gasteiger partial charge on any atom is -0.452 e. The number of anilines is 1. The number of amides is 1. The number of aromatic nitrogens is 1. The summed E-state index contributed by atoms with van der Waals surface area (Å²) in [7, 11) is 0. The number of aryl methyl sites for hydroxylation is 1. The van der Waals surface area contributed by atoms with Crippen molar-refractivity contribution in [1.29, 1.82) is 0 Å². The van der Waals surface area contributed by atoms with Crippen molar-refractivity contribution < 1.29 is 14.3 Å². The van der Waals surface area contributed by atoms with Crippen molar-refractivity contribution in [2.24, 2.45) is 0 Å². The SMILES string of the molecule is CCN(C(=O)COC(=O)c1c2c(nc3ccccc13)CCCCC2)c1ccccc1. The van der Waals surface area contributed by atoms with E-state index >= 15 is 0 Å². The number of nitrogens with zero attached hydrogens (tertiary/aromatic N) is 2. The molecule has 0 saturated heterocycles. The minimum atomic E-state index is -0.441. The normalized spacial score (nSPS) is 13.4. The minimum absolute atomic E-state index is 0.235. The van der Waals surface area contributed by atoms with Crippen molar-refractivity contribution in [2.45, 2.75) is 39.0 Å². The first-order valence-corrected chi connectivity index (χ1v) is 10.6. The molecule has 1 aliphatic carbocycles. The Labute approximate surface area is 176 Å². The molecule has 30 heavy (non-hydrogen) atoms. The van der Waals surface area contributed by atoms with Gasteiger partial charge in [-0.3, -0.25) is 9.78 Å². The highest BCUT2D eigenvalue weighted by atomic mass is 16.5. The van der Waals surface area contributed by atoms with E-state index in [-0.39, 0.29) is 12.5 Å². The highest BCUT2D eigenvalue weighted by molar-refractivity contribution is 6.06. The van der Waals surface area contributed by atoms with Crippen molar-refractivity contribution in [3.8, 4) is 0 Å². The van der Waals surface area contributed by atoms with E-state index in [9.17, 15) is 9.59 Å². The third-order valence-corrected chi connectivity index (χ3v) is 5.64. The van der Waals surface area contributed by atoms with E-state index in [1.54, 1.807) is 4.90 Å². The van der Waals surface area contributed by atoms with Crippen LogP contribution >= 0.6 is 0 Å². The maximum Gasteiger partial charge on any atom is 0.339 e. The quantitative estimate of drug-likeness (QED) is 0.458. The molecule has 1 aromatic heterocycles. The first-order chi connectivity index (χ1) is 14.7. The fraction of sp³-hybridized carbons (Fsp3) is 0.320. The highest BCUT2D eigenvalue weighted by Gasteiger charge is 2.24. The average molecular weight is 402 g/mol. The summed E-state index contributed by atoms with van der Waals surface area (Å²) >= 11 is 0. The Bertz CT molecular complexity index is 1060. The third kappa shape index (κ3) is 4.06. The van der Waals surface area contributed by atoms with Crippen LogP contribution in [0, 0.1) is 0 Å². The fourth-order valence-corrected chi connectivity index (χ4v) is 4.17. The van der Waals surface area contributed by atoms with E-state index in [4.69, 9.17) is 9.72 Å². The maximum atomic E-state index is 13.2. The zero-order valence-corrected chi connectivity index (χ0v) is 17.3. The number of hydrogen-bond donors (Lipinski definition) is 0. The monoisotopic (exact) mass is 402 g/mol. The Kier molecular flexibility index (Phi) is 6.07. The summed E-state index contributed by atoms with van der Waals surface area (Å²) in [6, 6.07) is 17.1. The summed E-state index contributed by atoms with van der Waals surface area (Å²) in [5, 5.41) is 0.797. The smallest absolute Gasteiger partial charge is 0.339 e. The Hall–Kier alpha value is -3.21. The van der Waals surface area contributed by atoms with Crippen molar-refractivity contribution in [1.82, 2.24) is 4.98 Å². The van der Waals surface area contributed by atoms with Gasteiger partial charge in [-0.25, -0.2) is 4.79 Å². The second-order valence-electron chi connectivity index (χ2n) is 7.54. The topological polar surface area (TPSA) is 59.5 Å². The van der Waals surface area contributed by atoms with Gasteiger partial charge in [0.15, 0.2) is 6.61 Å². The Balaban J connectivity index is 1.60. The molecule has 3 aromatic rings. The number of pyridine rings is 1. The van der Waals surface area contributed by atoms with Crippen LogP contribution in [0.5, 0.6) is 0 Å². The first-order valence-electron chi connectivity index (χ1n) is 10.6. The molecule has 4 rings (SSSR count). The molecule has 0 unspecified atom stereocenters. The number of ether oxygens (including phenoxy) is 1. The molecular formula is C25H26N2O3. The van der Waals surface area contributed by atoms with Gasteiger partial charge < -0.3 is 9.64 Å². The fourth-order valence-electron chi connectivity index (χ4n) is 4.17. The molecule has 0 fully saturated rings. The van der Waals surface area contributed by atoms with Crippen LogP contribution in [0.4, 0.5) is 5.69 Å². The number of para-hydroxylation sites is 2. The van der Waals surface area contributed by atoms with E-state index in [1.807, 2.05) is 61.5 Å². The molecule has 1 amide bonds. The molecule has 0 radical (unpaired) electrons. The van der Waals surface area contributed by atoms with Crippen LogP contribution in [0.1, 0.15) is 47.8 Å². The van der Waals surface area contributed by atoms with E-state index in [1.165, 1.54) is 0 Å². The molecule has 0 atom stereocenters. The molecule has 1 heterocycles. The van der Waals surface area contributed by atoms with E-state index in [0.29, 0.717) is 12.1 Å². The molecule has 2 aromatic carbocycles. The van der Waals surface area contributed by atoms with Crippen molar-refractivity contribution >= 4 is 28.5 Å². The number of esters is 1. The molecule has 5 nitrogen and oxygen atoms in total. The lowest BCUT2D eigenvalue weighted by Crippen LogP contribution is -2.34. The van der Waals surface area contributed by atoms with E-state index < -0.39 is 5.97 Å². The number of rotatable bonds is 5. The number of likely N-dealkylation sites (N-methyl/N-ethyl adjacent to an activating group) is 1. The lowest BCUT2D eigenvalue weighted by atomic mass is 9.97. The largest absolute Gasteiger partial charge is 0.452 e. The van der Waals surface area contributed by atoms with Crippen LogP contribution in [-0.4, -0.2) is 30.0 Å². The summed E-state index contributed by atoms with van der Waals surface area (Å²) in [5.41, 5.74) is 4.15. The lowest BCUT2D eigenvalue weighted by molar-refractivity contribution is -0.121. The molecule has 5 heteroatoms. The summed E-state index contributed by atoms with van der Waals surface area (Å²) in [5.74, 6) is -0.675. The Morgan fingerprint density at radius 3 is 2.50 bits per heavy atom. The highest BCUT2D eigenvalue weighted by Crippen LogP contribution is 2.29. The summed E-state index contributed by atoms with van der Waals surface area (Å²) in [4.78, 5) is 32.4. The number of carbonyl (C=O) groups is 2. The average Bonchev–Trinajstić information content (AvgIpc) is 3.02. The molecule has 1 aliphatic rings. The zero-order valence-electron chi connectivity index (χ0n) is 17.3. The van der Waals surface area contributed by atoms with Crippen LogP contribution in [-0.2, 0) is 22.4 Å². The van der Waals surface area contributed by atoms with Gasteiger partial charge in [-0.1, -0.05) is 42.8 Å². The van der Waals surface area contributed by atoms with E-state index in [2.05, 4.69) is 0 Å². The molecular weight excluding hydrogens is 376 g/mol. The number of hydrogen-bond acceptors (Lipinski definition) is 4. The summed E-state index contributed by atoms with van der Waals surface area (Å²) in [6.07, 6.45) is 4.92. The molecule has 154 valence electrons. The second-order valence-corrected chi connectivity index (χ2v) is 7.54. The molecule has 0 aliphatic heterocycles. The van der Waals surface area contributed by atoms with Gasteiger partial charge in [-0.05, 0) is 56.4 Å². The molecule has 0 spiro atoms. The van der Waals surface area contributed by atoms with E-state index in [0.717, 1.165) is 60.0 Å². The van der Waals surface area contributed by atoms with Crippen LogP contribution in [0.25, 0.3) is 10.9 Å². The van der Waals surface area contributed by atoms with Crippen LogP contribution < -0.4 is 4.90 Å². The predicted molar refractivity (Wildman–Crippen MR) is 118 cm³/mol. The summed E-state index contributed by atoms with van der Waals surface area (Å²) < 4.78 is 5.55. The predicted octanol–water partition coefficient (Wildman–Crippen LogP) is 4.71. The van der Waals surface area contributed by atoms with Gasteiger partial charge in [0, 0.05) is 23.3 Å². The van der Waals surface area contributed by atoms with Gasteiger partial charge in [-0.2, -0.15) is 0 Å².